The monoisotopic (exact) mass is 468 g/mol. The molecule has 6 rings (SSSR count). The minimum absolute atomic E-state index is 0.0740. The van der Waals surface area contributed by atoms with Gasteiger partial charge in [0.2, 0.25) is 5.91 Å². The SMILES string of the molecule is CCOc1ccccc1N1C[C@H](C(=O)OCC(=O)N[C@@H](C)C23CC4CC(CC(C4)C2)C3)CC1=O. The largest absolute Gasteiger partial charge is 0.492 e. The Hall–Kier alpha value is -2.57. The van der Waals surface area contributed by atoms with Gasteiger partial charge in [-0.1, -0.05) is 12.1 Å². The molecule has 1 aromatic carbocycles. The molecule has 5 fully saturated rings. The summed E-state index contributed by atoms with van der Waals surface area (Å²) >= 11 is 0. The number of ether oxygens (including phenoxy) is 2. The fourth-order valence-electron chi connectivity index (χ4n) is 7.45. The van der Waals surface area contributed by atoms with E-state index in [0.717, 1.165) is 17.8 Å². The molecule has 7 heteroatoms. The number of rotatable bonds is 8. The zero-order valence-corrected chi connectivity index (χ0v) is 20.3. The van der Waals surface area contributed by atoms with Crippen LogP contribution in [0.2, 0.25) is 0 Å². The predicted octanol–water partition coefficient (Wildman–Crippen LogP) is 3.70. The average Bonchev–Trinajstić information content (AvgIpc) is 3.18. The summed E-state index contributed by atoms with van der Waals surface area (Å²) < 4.78 is 11.0. The van der Waals surface area contributed by atoms with Gasteiger partial charge in [-0.25, -0.2) is 0 Å². The van der Waals surface area contributed by atoms with Gasteiger partial charge in [0, 0.05) is 19.0 Å². The number of nitrogens with zero attached hydrogens (tertiary/aromatic N) is 1. The Morgan fingerprint density at radius 2 is 1.76 bits per heavy atom. The van der Waals surface area contributed by atoms with Crippen molar-refractivity contribution in [2.45, 2.75) is 64.8 Å². The summed E-state index contributed by atoms with van der Waals surface area (Å²) in [5.41, 5.74) is 0.868. The van der Waals surface area contributed by atoms with E-state index < -0.39 is 11.9 Å². The van der Waals surface area contributed by atoms with Gasteiger partial charge in [-0.2, -0.15) is 0 Å². The van der Waals surface area contributed by atoms with Crippen LogP contribution in [0.3, 0.4) is 0 Å². The van der Waals surface area contributed by atoms with Crippen molar-refractivity contribution >= 4 is 23.5 Å². The molecule has 1 aromatic rings. The van der Waals surface area contributed by atoms with Crippen LogP contribution in [0.5, 0.6) is 5.75 Å². The molecule has 4 bridgehead atoms. The Morgan fingerprint density at radius 3 is 2.41 bits per heavy atom. The molecular formula is C27H36N2O5. The van der Waals surface area contributed by atoms with Crippen LogP contribution >= 0.6 is 0 Å². The number of hydrogen-bond donors (Lipinski definition) is 1. The van der Waals surface area contributed by atoms with Crippen molar-refractivity contribution in [3.05, 3.63) is 24.3 Å². The molecule has 5 aliphatic rings. The molecule has 0 unspecified atom stereocenters. The zero-order valence-electron chi connectivity index (χ0n) is 20.3. The fraction of sp³-hybridized carbons (Fsp3) is 0.667. The van der Waals surface area contributed by atoms with Gasteiger partial charge in [0.1, 0.15) is 5.75 Å². The maximum atomic E-state index is 12.7. The van der Waals surface area contributed by atoms with E-state index in [1.165, 1.54) is 38.5 Å². The number of hydrogen-bond acceptors (Lipinski definition) is 5. The van der Waals surface area contributed by atoms with Crippen molar-refractivity contribution in [1.82, 2.24) is 5.32 Å². The lowest BCUT2D eigenvalue weighted by atomic mass is 9.48. The number of carbonyl (C=O) groups is 3. The Morgan fingerprint density at radius 1 is 1.12 bits per heavy atom. The van der Waals surface area contributed by atoms with Crippen LogP contribution in [0, 0.1) is 29.1 Å². The van der Waals surface area contributed by atoms with Gasteiger partial charge in [0.25, 0.3) is 5.91 Å². The summed E-state index contributed by atoms with van der Waals surface area (Å²) in [6.07, 6.45) is 7.80. The van der Waals surface area contributed by atoms with E-state index in [0.29, 0.717) is 18.0 Å². The molecule has 4 aliphatic carbocycles. The second-order valence-electron chi connectivity index (χ2n) is 11.0. The van der Waals surface area contributed by atoms with Crippen LogP contribution in [-0.4, -0.2) is 43.6 Å². The zero-order chi connectivity index (χ0) is 23.9. The topological polar surface area (TPSA) is 84.9 Å². The highest BCUT2D eigenvalue weighted by molar-refractivity contribution is 6.00. The third-order valence-electron chi connectivity index (χ3n) is 8.64. The summed E-state index contributed by atoms with van der Waals surface area (Å²) in [5, 5.41) is 3.14. The summed E-state index contributed by atoms with van der Waals surface area (Å²) in [5.74, 6) is 1.59. The maximum absolute atomic E-state index is 12.7. The first-order chi connectivity index (χ1) is 16.4. The standard InChI is InChI=1S/C27H36N2O5/c1-3-33-23-7-5-4-6-22(23)29-15-21(11-25(29)31)26(32)34-16-24(30)28-17(2)27-12-18-8-19(13-27)10-20(9-18)14-27/h4-7,17-21H,3,8-16H2,1-2H3,(H,28,30)/t17-,18?,19?,20?,21+,27?/m0/s1. The number of benzene rings is 1. The van der Waals surface area contributed by atoms with E-state index in [4.69, 9.17) is 9.47 Å². The molecule has 4 saturated carbocycles. The Bertz CT molecular complexity index is 925. The predicted molar refractivity (Wildman–Crippen MR) is 127 cm³/mol. The lowest BCUT2D eigenvalue weighted by Crippen LogP contribution is -2.56. The van der Waals surface area contributed by atoms with Crippen LogP contribution in [0.4, 0.5) is 5.69 Å². The maximum Gasteiger partial charge on any atom is 0.311 e. The van der Waals surface area contributed by atoms with Gasteiger partial charge < -0.3 is 19.7 Å². The first-order valence-corrected chi connectivity index (χ1v) is 12.8. The van der Waals surface area contributed by atoms with Crippen molar-refractivity contribution < 1.29 is 23.9 Å². The molecule has 1 aliphatic heterocycles. The summed E-state index contributed by atoms with van der Waals surface area (Å²) in [4.78, 5) is 39.5. The van der Waals surface area contributed by atoms with Crippen molar-refractivity contribution in [2.75, 3.05) is 24.7 Å². The van der Waals surface area contributed by atoms with Gasteiger partial charge in [0.15, 0.2) is 6.61 Å². The van der Waals surface area contributed by atoms with Crippen LogP contribution in [-0.2, 0) is 19.1 Å². The lowest BCUT2D eigenvalue weighted by Gasteiger charge is -2.59. The Balaban J connectivity index is 1.13. The Kier molecular flexibility index (Phi) is 6.30. The van der Waals surface area contributed by atoms with Crippen molar-refractivity contribution in [3.8, 4) is 5.75 Å². The molecule has 1 heterocycles. The van der Waals surface area contributed by atoms with Gasteiger partial charge in [-0.3, -0.25) is 14.4 Å². The number of carbonyl (C=O) groups excluding carboxylic acids is 3. The molecule has 7 nitrogen and oxygen atoms in total. The number of esters is 1. The second kappa shape index (κ2) is 9.23. The molecule has 184 valence electrons. The highest BCUT2D eigenvalue weighted by atomic mass is 16.5. The van der Waals surface area contributed by atoms with Gasteiger partial charge in [-0.15, -0.1) is 0 Å². The smallest absolute Gasteiger partial charge is 0.311 e. The van der Waals surface area contributed by atoms with Gasteiger partial charge in [-0.05, 0) is 87.7 Å². The molecule has 34 heavy (non-hydrogen) atoms. The number of anilines is 1. The van der Waals surface area contributed by atoms with Crippen LogP contribution in [0.15, 0.2) is 24.3 Å². The highest BCUT2D eigenvalue weighted by Crippen LogP contribution is 2.61. The fourth-order valence-corrected chi connectivity index (χ4v) is 7.45. The number of amides is 2. The van der Waals surface area contributed by atoms with Crippen molar-refractivity contribution in [3.63, 3.8) is 0 Å². The lowest BCUT2D eigenvalue weighted by molar-refractivity contribution is -0.153. The molecule has 2 atom stereocenters. The minimum atomic E-state index is -0.587. The van der Waals surface area contributed by atoms with Crippen molar-refractivity contribution in [2.24, 2.45) is 29.1 Å². The molecular weight excluding hydrogens is 432 g/mol. The average molecular weight is 469 g/mol. The van der Waals surface area contributed by atoms with E-state index in [1.807, 2.05) is 31.2 Å². The van der Waals surface area contributed by atoms with Crippen LogP contribution < -0.4 is 15.0 Å². The molecule has 0 radical (unpaired) electrons. The molecule has 1 saturated heterocycles. The Labute approximate surface area is 201 Å². The molecule has 0 spiro atoms. The van der Waals surface area contributed by atoms with E-state index >= 15 is 0 Å². The molecule has 1 N–H and O–H groups in total. The van der Waals surface area contributed by atoms with Crippen molar-refractivity contribution in [1.29, 1.82) is 0 Å². The third kappa shape index (κ3) is 4.41. The van der Waals surface area contributed by atoms with Gasteiger partial charge >= 0.3 is 5.97 Å². The quantitative estimate of drug-likeness (QED) is 0.588. The summed E-state index contributed by atoms with van der Waals surface area (Å²) in [6, 6.07) is 7.41. The number of nitrogens with one attached hydrogen (secondary N) is 1. The van der Waals surface area contributed by atoms with E-state index in [1.54, 1.807) is 4.90 Å². The van der Waals surface area contributed by atoms with Crippen LogP contribution in [0.25, 0.3) is 0 Å². The van der Waals surface area contributed by atoms with E-state index in [-0.39, 0.29) is 42.8 Å². The summed E-state index contributed by atoms with van der Waals surface area (Å²) in [6.45, 7) is 4.43. The minimum Gasteiger partial charge on any atom is -0.492 e. The highest BCUT2D eigenvalue weighted by Gasteiger charge is 2.53. The van der Waals surface area contributed by atoms with Gasteiger partial charge in [0.05, 0.1) is 18.2 Å². The van der Waals surface area contributed by atoms with Crippen LogP contribution in [0.1, 0.15) is 58.8 Å². The normalized spacial score (nSPS) is 32.5. The first kappa shape index (κ1) is 23.2. The summed E-state index contributed by atoms with van der Waals surface area (Å²) in [7, 11) is 0. The molecule has 0 aromatic heterocycles. The molecule has 2 amide bonds. The number of para-hydroxylation sites is 2. The second-order valence-corrected chi connectivity index (χ2v) is 11.0. The van der Waals surface area contributed by atoms with E-state index in [9.17, 15) is 14.4 Å². The third-order valence-corrected chi connectivity index (χ3v) is 8.64. The first-order valence-electron chi connectivity index (χ1n) is 12.8. The van der Waals surface area contributed by atoms with E-state index in [2.05, 4.69) is 12.2 Å².